The molecule has 164 valence electrons. The molecule has 0 radical (unpaired) electrons. The Morgan fingerprint density at radius 3 is 2.48 bits per heavy atom. The molecular weight excluding hydrogens is 360 g/mol. The summed E-state index contributed by atoms with van der Waals surface area (Å²) in [6.07, 6.45) is 14.9. The highest BCUT2D eigenvalue weighted by atomic mass is 16.7. The zero-order valence-corrected chi connectivity index (χ0v) is 19.0. The van der Waals surface area contributed by atoms with E-state index in [9.17, 15) is 0 Å². The first-order chi connectivity index (χ1) is 14.0. The summed E-state index contributed by atoms with van der Waals surface area (Å²) in [7, 11) is 0. The summed E-state index contributed by atoms with van der Waals surface area (Å²) < 4.78 is 12.5. The molecule has 5 fully saturated rings. The topological polar surface area (TPSA) is 31.5 Å². The van der Waals surface area contributed by atoms with E-state index in [-0.39, 0.29) is 11.2 Å². The van der Waals surface area contributed by atoms with E-state index in [2.05, 4.69) is 36.6 Å². The van der Waals surface area contributed by atoms with Crippen LogP contribution in [-0.4, -0.2) is 72.0 Å². The Morgan fingerprint density at radius 2 is 1.79 bits per heavy atom. The second-order valence-electron chi connectivity index (χ2n) is 11.1. The molecule has 0 aromatic carbocycles. The lowest BCUT2D eigenvalue weighted by Crippen LogP contribution is -2.53. The van der Waals surface area contributed by atoms with Gasteiger partial charge in [-0.3, -0.25) is 4.90 Å². The predicted molar refractivity (Wildman–Crippen MR) is 117 cm³/mol. The molecule has 0 amide bonds. The molecule has 29 heavy (non-hydrogen) atoms. The summed E-state index contributed by atoms with van der Waals surface area (Å²) in [5, 5.41) is 0. The minimum Gasteiger partial charge on any atom is -0.363 e. The van der Waals surface area contributed by atoms with Crippen LogP contribution in [0, 0.1) is 5.92 Å². The lowest BCUT2D eigenvalue weighted by Gasteiger charge is -2.47. The summed E-state index contributed by atoms with van der Waals surface area (Å²) in [6, 6.07) is 0.815. The van der Waals surface area contributed by atoms with Crippen molar-refractivity contribution in [1.82, 2.24) is 9.80 Å². The molecule has 4 heterocycles. The molecule has 4 aliphatic heterocycles. The number of hydrogen-bond acceptors (Lipinski definition) is 4. The van der Waals surface area contributed by atoms with Crippen LogP contribution in [0.25, 0.3) is 0 Å². The van der Waals surface area contributed by atoms with E-state index >= 15 is 0 Å². The van der Waals surface area contributed by atoms with Crippen LogP contribution in [0.4, 0.5) is 0 Å². The molecule has 4 heteroatoms. The maximum atomic E-state index is 6.34. The van der Waals surface area contributed by atoms with Crippen molar-refractivity contribution in [3.05, 3.63) is 11.6 Å². The highest BCUT2D eigenvalue weighted by Gasteiger charge is 2.73. The third-order valence-corrected chi connectivity index (χ3v) is 8.60. The monoisotopic (exact) mass is 402 g/mol. The molecule has 5 rings (SSSR count). The van der Waals surface area contributed by atoms with Crippen LogP contribution >= 0.6 is 0 Å². The van der Waals surface area contributed by atoms with Crippen molar-refractivity contribution < 1.29 is 9.47 Å². The van der Waals surface area contributed by atoms with Crippen molar-refractivity contribution in [3.63, 3.8) is 0 Å². The summed E-state index contributed by atoms with van der Waals surface area (Å²) in [6.45, 7) is 13.4. The summed E-state index contributed by atoms with van der Waals surface area (Å²) in [5.74, 6) is 0.966. The Labute approximate surface area is 178 Å². The van der Waals surface area contributed by atoms with Gasteiger partial charge >= 0.3 is 0 Å². The van der Waals surface area contributed by atoms with Gasteiger partial charge in [-0.15, -0.1) is 0 Å². The second kappa shape index (κ2) is 7.93. The molecule has 4 nitrogen and oxygen atoms in total. The second-order valence-corrected chi connectivity index (χ2v) is 11.1. The van der Waals surface area contributed by atoms with E-state index in [1.165, 1.54) is 89.7 Å². The van der Waals surface area contributed by atoms with Crippen molar-refractivity contribution in [1.29, 1.82) is 0 Å². The zero-order chi connectivity index (χ0) is 20.1. The zero-order valence-electron chi connectivity index (χ0n) is 19.0. The van der Waals surface area contributed by atoms with Crippen LogP contribution in [-0.2, 0) is 9.47 Å². The van der Waals surface area contributed by atoms with Crippen LogP contribution in [0.5, 0.6) is 0 Å². The van der Waals surface area contributed by atoms with Gasteiger partial charge in [0.2, 0.25) is 0 Å². The molecule has 0 N–H and O–H groups in total. The smallest absolute Gasteiger partial charge is 0.121 e. The largest absolute Gasteiger partial charge is 0.363 e. The maximum Gasteiger partial charge on any atom is 0.121 e. The van der Waals surface area contributed by atoms with Gasteiger partial charge in [-0.1, -0.05) is 11.6 Å². The van der Waals surface area contributed by atoms with E-state index in [1.54, 1.807) is 0 Å². The van der Waals surface area contributed by atoms with Crippen LogP contribution < -0.4 is 0 Å². The Bertz CT molecular complexity index is 610. The molecule has 4 saturated heterocycles. The molecule has 0 aromatic heterocycles. The third-order valence-electron chi connectivity index (χ3n) is 8.60. The van der Waals surface area contributed by atoms with Crippen molar-refractivity contribution in [2.75, 3.05) is 32.7 Å². The van der Waals surface area contributed by atoms with Gasteiger partial charge in [0.15, 0.2) is 0 Å². The predicted octanol–water partition coefficient (Wildman–Crippen LogP) is 4.39. The normalized spacial score (nSPS) is 42.8. The van der Waals surface area contributed by atoms with Gasteiger partial charge in [-0.25, -0.2) is 0 Å². The van der Waals surface area contributed by atoms with E-state index in [0.29, 0.717) is 12.2 Å². The quantitative estimate of drug-likeness (QED) is 0.445. The molecule has 1 saturated carbocycles. The van der Waals surface area contributed by atoms with E-state index < -0.39 is 0 Å². The number of ether oxygens (including phenoxy) is 2. The van der Waals surface area contributed by atoms with Crippen molar-refractivity contribution in [2.45, 2.75) is 108 Å². The minimum atomic E-state index is -0.0179. The van der Waals surface area contributed by atoms with Crippen molar-refractivity contribution >= 4 is 0 Å². The standard InChI is InChI=1S/C25H42N2O2/c1-19(2)8-9-22-24(3,28-22)23-25(29-23)12-10-21(11-13-25)27-17-20(18-27)7-6-16-26-14-4-5-15-26/h8,20-23H,4-7,9-18H2,1-3H3/t21?,22-,23?,24-,25?/m1/s1. The number of allylic oxidation sites excluding steroid dienone is 1. The Morgan fingerprint density at radius 1 is 1.07 bits per heavy atom. The maximum absolute atomic E-state index is 6.34. The molecule has 5 aliphatic rings. The fraction of sp³-hybridized carbons (Fsp3) is 0.920. The number of nitrogens with zero attached hydrogens (tertiary/aromatic N) is 2. The van der Waals surface area contributed by atoms with Gasteiger partial charge in [-0.05, 0) is 104 Å². The van der Waals surface area contributed by atoms with Gasteiger partial charge in [-0.2, -0.15) is 0 Å². The van der Waals surface area contributed by atoms with Crippen LogP contribution in [0.3, 0.4) is 0 Å². The minimum absolute atomic E-state index is 0.0179. The summed E-state index contributed by atoms with van der Waals surface area (Å²) in [4.78, 5) is 5.44. The fourth-order valence-corrected chi connectivity index (χ4v) is 6.50. The highest BCUT2D eigenvalue weighted by Crippen LogP contribution is 2.60. The Balaban J connectivity index is 0.996. The number of likely N-dealkylation sites (tertiary alicyclic amines) is 2. The molecule has 0 aromatic rings. The Hall–Kier alpha value is -0.420. The molecule has 1 aliphatic carbocycles. The van der Waals surface area contributed by atoms with Crippen molar-refractivity contribution in [3.8, 4) is 0 Å². The summed E-state index contributed by atoms with van der Waals surface area (Å²) in [5.41, 5.74) is 1.53. The molecule has 3 atom stereocenters. The molecular formula is C25H42N2O2. The van der Waals surface area contributed by atoms with Gasteiger partial charge in [0.05, 0.1) is 11.7 Å². The first-order valence-corrected chi connectivity index (χ1v) is 12.4. The van der Waals surface area contributed by atoms with E-state index in [0.717, 1.165) is 18.4 Å². The highest BCUT2D eigenvalue weighted by molar-refractivity contribution is 5.22. The Kier molecular flexibility index (Phi) is 5.60. The summed E-state index contributed by atoms with van der Waals surface area (Å²) >= 11 is 0. The lowest BCUT2D eigenvalue weighted by molar-refractivity contribution is 0.0183. The van der Waals surface area contributed by atoms with Crippen LogP contribution in [0.15, 0.2) is 11.6 Å². The molecule has 1 spiro atoms. The first-order valence-electron chi connectivity index (χ1n) is 12.4. The SMILES string of the molecule is CC(C)=CC[C@H]1O[C@@]1(C)C1OC12CCC(N1CC(CCCN3CCCC3)C1)CC2. The average Bonchev–Trinajstić information content (AvgIpc) is 3.46. The average molecular weight is 403 g/mol. The lowest BCUT2D eigenvalue weighted by atomic mass is 9.78. The third kappa shape index (κ3) is 4.20. The fourth-order valence-electron chi connectivity index (χ4n) is 6.50. The van der Waals surface area contributed by atoms with Gasteiger partial charge in [0.1, 0.15) is 11.7 Å². The van der Waals surface area contributed by atoms with E-state index in [4.69, 9.17) is 9.47 Å². The van der Waals surface area contributed by atoms with Gasteiger partial charge < -0.3 is 14.4 Å². The molecule has 1 unspecified atom stereocenters. The van der Waals surface area contributed by atoms with Crippen LogP contribution in [0.2, 0.25) is 0 Å². The first kappa shape index (κ1) is 20.5. The van der Waals surface area contributed by atoms with Gasteiger partial charge in [0.25, 0.3) is 0 Å². The van der Waals surface area contributed by atoms with E-state index in [1.807, 2.05) is 0 Å². The molecule has 0 bridgehead atoms. The number of rotatable bonds is 8. The number of hydrogen-bond donors (Lipinski definition) is 0. The van der Waals surface area contributed by atoms with Crippen molar-refractivity contribution in [2.24, 2.45) is 5.92 Å². The number of epoxide rings is 2. The van der Waals surface area contributed by atoms with Gasteiger partial charge in [0, 0.05) is 19.1 Å². The van der Waals surface area contributed by atoms with Crippen LogP contribution in [0.1, 0.15) is 78.6 Å².